The van der Waals surface area contributed by atoms with Gasteiger partial charge in [0.2, 0.25) is 0 Å². The van der Waals surface area contributed by atoms with E-state index in [0.29, 0.717) is 17.3 Å². The zero-order chi connectivity index (χ0) is 14.5. The summed E-state index contributed by atoms with van der Waals surface area (Å²) in [6.45, 7) is 0. The monoisotopic (exact) mass is 296 g/mol. The first-order valence-corrected chi connectivity index (χ1v) is 6.49. The van der Waals surface area contributed by atoms with Crippen molar-refractivity contribution in [1.82, 2.24) is 15.0 Å². The maximum absolute atomic E-state index is 10.7. The average Bonchev–Trinajstić information content (AvgIpc) is 2.92. The highest BCUT2D eigenvalue weighted by atomic mass is 35.5. The fraction of sp³-hybridized carbons (Fsp3) is 0.333. The molecule has 8 heteroatoms. The number of hydrogen-bond donors (Lipinski definition) is 0. The third-order valence-corrected chi connectivity index (χ3v) is 3.00. The van der Waals surface area contributed by atoms with Gasteiger partial charge in [-0.25, -0.2) is 4.68 Å². The molecule has 0 aliphatic rings. The van der Waals surface area contributed by atoms with Crippen LogP contribution in [-0.2, 0) is 6.42 Å². The van der Waals surface area contributed by atoms with E-state index >= 15 is 0 Å². The second-order valence-corrected chi connectivity index (χ2v) is 4.44. The Morgan fingerprint density at radius 3 is 2.95 bits per heavy atom. The van der Waals surface area contributed by atoms with E-state index < -0.39 is 4.92 Å². The molecule has 2 aromatic rings. The molecule has 2 rings (SSSR count). The summed E-state index contributed by atoms with van der Waals surface area (Å²) in [7, 11) is 1.45. The SMILES string of the molecule is COc1cc([N+](=O)[O-])ccc1-n1cc(CCCCl)nn1. The van der Waals surface area contributed by atoms with Gasteiger partial charge in [-0.05, 0) is 18.9 Å². The molecule has 0 bridgehead atoms. The number of ether oxygens (including phenoxy) is 1. The van der Waals surface area contributed by atoms with Crippen LogP contribution in [0.4, 0.5) is 5.69 Å². The van der Waals surface area contributed by atoms with E-state index in [9.17, 15) is 10.1 Å². The zero-order valence-electron chi connectivity index (χ0n) is 10.8. The zero-order valence-corrected chi connectivity index (χ0v) is 11.6. The Hall–Kier alpha value is -2.15. The summed E-state index contributed by atoms with van der Waals surface area (Å²) in [6, 6.07) is 4.34. The predicted octanol–water partition coefficient (Wildman–Crippen LogP) is 2.36. The summed E-state index contributed by atoms with van der Waals surface area (Å²) in [6.07, 6.45) is 3.31. The molecule has 0 aliphatic carbocycles. The third-order valence-electron chi connectivity index (χ3n) is 2.73. The van der Waals surface area contributed by atoms with E-state index in [-0.39, 0.29) is 5.69 Å². The van der Waals surface area contributed by atoms with Crippen molar-refractivity contribution < 1.29 is 9.66 Å². The van der Waals surface area contributed by atoms with E-state index in [1.54, 1.807) is 12.3 Å². The Kier molecular flexibility index (Phi) is 4.52. The van der Waals surface area contributed by atoms with E-state index in [1.165, 1.54) is 23.9 Å². The van der Waals surface area contributed by atoms with Gasteiger partial charge in [0, 0.05) is 11.9 Å². The van der Waals surface area contributed by atoms with Gasteiger partial charge < -0.3 is 4.74 Å². The molecular weight excluding hydrogens is 284 g/mol. The first-order valence-electron chi connectivity index (χ1n) is 5.95. The summed E-state index contributed by atoms with van der Waals surface area (Å²) in [4.78, 5) is 10.3. The van der Waals surface area contributed by atoms with Crippen molar-refractivity contribution in [3.05, 3.63) is 40.2 Å². The molecular formula is C12H13ClN4O3. The Morgan fingerprint density at radius 2 is 2.30 bits per heavy atom. The third kappa shape index (κ3) is 3.05. The standard InChI is InChI=1S/C12H13ClN4O3/c1-20-12-7-10(17(18)19)4-5-11(12)16-8-9(14-15-16)3-2-6-13/h4-5,7-8H,2-3,6H2,1H3. The smallest absolute Gasteiger partial charge is 0.273 e. The average molecular weight is 297 g/mol. The van der Waals surface area contributed by atoms with Crippen LogP contribution in [0.15, 0.2) is 24.4 Å². The predicted molar refractivity (Wildman–Crippen MR) is 73.6 cm³/mol. The summed E-state index contributed by atoms with van der Waals surface area (Å²) >= 11 is 5.63. The van der Waals surface area contributed by atoms with E-state index in [0.717, 1.165) is 18.5 Å². The van der Waals surface area contributed by atoms with Crippen LogP contribution in [0, 0.1) is 10.1 Å². The fourth-order valence-electron chi connectivity index (χ4n) is 1.75. The summed E-state index contributed by atoms with van der Waals surface area (Å²) in [5.74, 6) is 0.932. The topological polar surface area (TPSA) is 83.1 Å². The molecule has 0 saturated heterocycles. The molecule has 0 amide bonds. The van der Waals surface area contributed by atoms with Crippen LogP contribution >= 0.6 is 11.6 Å². The summed E-state index contributed by atoms with van der Waals surface area (Å²) in [5, 5.41) is 18.8. The number of benzene rings is 1. The Morgan fingerprint density at radius 1 is 1.50 bits per heavy atom. The number of halogens is 1. The molecule has 7 nitrogen and oxygen atoms in total. The number of aryl methyl sites for hydroxylation is 1. The molecule has 0 saturated carbocycles. The molecule has 0 N–H and O–H groups in total. The molecule has 0 fully saturated rings. The van der Waals surface area contributed by atoms with Gasteiger partial charge in [-0.1, -0.05) is 5.21 Å². The fourth-order valence-corrected chi connectivity index (χ4v) is 1.88. The number of alkyl halides is 1. The van der Waals surface area contributed by atoms with Crippen LogP contribution in [0.5, 0.6) is 5.75 Å². The number of nitro benzene ring substituents is 1. The van der Waals surface area contributed by atoms with Crippen LogP contribution in [-0.4, -0.2) is 32.9 Å². The van der Waals surface area contributed by atoms with Crippen molar-refractivity contribution in [2.24, 2.45) is 0 Å². The van der Waals surface area contributed by atoms with Gasteiger partial charge in [-0.3, -0.25) is 10.1 Å². The van der Waals surface area contributed by atoms with Crippen molar-refractivity contribution >= 4 is 17.3 Å². The molecule has 20 heavy (non-hydrogen) atoms. The molecule has 0 radical (unpaired) electrons. The van der Waals surface area contributed by atoms with Crippen LogP contribution in [0.25, 0.3) is 5.69 Å². The minimum atomic E-state index is -0.473. The first-order chi connectivity index (χ1) is 9.65. The van der Waals surface area contributed by atoms with Gasteiger partial charge in [-0.15, -0.1) is 16.7 Å². The number of nitro groups is 1. The highest BCUT2D eigenvalue weighted by molar-refractivity contribution is 6.17. The maximum atomic E-state index is 10.7. The highest BCUT2D eigenvalue weighted by Crippen LogP contribution is 2.27. The van der Waals surface area contributed by atoms with Crippen LogP contribution < -0.4 is 4.74 Å². The van der Waals surface area contributed by atoms with Crippen molar-refractivity contribution in [1.29, 1.82) is 0 Å². The second-order valence-electron chi connectivity index (χ2n) is 4.06. The quantitative estimate of drug-likeness (QED) is 0.464. The summed E-state index contributed by atoms with van der Waals surface area (Å²) in [5.41, 5.74) is 1.38. The highest BCUT2D eigenvalue weighted by Gasteiger charge is 2.14. The molecule has 1 aromatic heterocycles. The second kappa shape index (κ2) is 6.33. The lowest BCUT2D eigenvalue weighted by atomic mass is 10.2. The lowest BCUT2D eigenvalue weighted by Gasteiger charge is -2.07. The van der Waals surface area contributed by atoms with Crippen LogP contribution in [0.3, 0.4) is 0 Å². The number of aromatic nitrogens is 3. The molecule has 1 heterocycles. The molecule has 0 atom stereocenters. The Bertz CT molecular complexity index is 614. The lowest BCUT2D eigenvalue weighted by Crippen LogP contribution is -2.00. The van der Waals surface area contributed by atoms with Gasteiger partial charge in [0.1, 0.15) is 5.69 Å². The van der Waals surface area contributed by atoms with Crippen LogP contribution in [0.2, 0.25) is 0 Å². The largest absolute Gasteiger partial charge is 0.494 e. The number of hydrogen-bond acceptors (Lipinski definition) is 5. The van der Waals surface area contributed by atoms with Crippen molar-refractivity contribution in [2.45, 2.75) is 12.8 Å². The van der Waals surface area contributed by atoms with E-state index in [2.05, 4.69) is 10.3 Å². The number of nitrogens with zero attached hydrogens (tertiary/aromatic N) is 4. The van der Waals surface area contributed by atoms with E-state index in [4.69, 9.17) is 16.3 Å². The van der Waals surface area contributed by atoms with Gasteiger partial charge in [-0.2, -0.15) is 0 Å². The van der Waals surface area contributed by atoms with Gasteiger partial charge in [0.25, 0.3) is 5.69 Å². The van der Waals surface area contributed by atoms with Gasteiger partial charge in [0.15, 0.2) is 5.75 Å². The molecule has 0 aliphatic heterocycles. The lowest BCUT2D eigenvalue weighted by molar-refractivity contribution is -0.384. The van der Waals surface area contributed by atoms with Gasteiger partial charge >= 0.3 is 0 Å². The van der Waals surface area contributed by atoms with E-state index in [1.807, 2.05) is 0 Å². The minimum absolute atomic E-state index is 0.0342. The Labute approximate surface area is 120 Å². The number of methoxy groups -OCH3 is 1. The number of non-ortho nitro benzene ring substituents is 1. The molecule has 0 spiro atoms. The summed E-state index contributed by atoms with van der Waals surface area (Å²) < 4.78 is 6.70. The van der Waals surface area contributed by atoms with Crippen molar-refractivity contribution in [3.8, 4) is 11.4 Å². The maximum Gasteiger partial charge on any atom is 0.273 e. The molecule has 1 aromatic carbocycles. The first kappa shape index (κ1) is 14.3. The normalized spacial score (nSPS) is 10.5. The molecule has 0 unspecified atom stereocenters. The minimum Gasteiger partial charge on any atom is -0.494 e. The van der Waals surface area contributed by atoms with Crippen LogP contribution in [0.1, 0.15) is 12.1 Å². The van der Waals surface area contributed by atoms with Crippen molar-refractivity contribution in [2.75, 3.05) is 13.0 Å². The number of rotatable bonds is 6. The Balaban J connectivity index is 2.32. The van der Waals surface area contributed by atoms with Crippen molar-refractivity contribution in [3.63, 3.8) is 0 Å². The van der Waals surface area contributed by atoms with Gasteiger partial charge in [0.05, 0.1) is 30.0 Å². The molecule has 106 valence electrons.